The van der Waals surface area contributed by atoms with Crippen molar-refractivity contribution in [2.45, 2.75) is 20.3 Å². The highest BCUT2D eigenvalue weighted by molar-refractivity contribution is 5.91. The molecule has 17 heavy (non-hydrogen) atoms. The number of benzene rings is 1. The molecule has 3 rings (SSSR count). The van der Waals surface area contributed by atoms with E-state index in [-0.39, 0.29) is 0 Å². The van der Waals surface area contributed by atoms with Gasteiger partial charge in [-0.2, -0.15) is 0 Å². The van der Waals surface area contributed by atoms with E-state index < -0.39 is 0 Å². The van der Waals surface area contributed by atoms with E-state index in [1.807, 2.05) is 18.4 Å². The highest BCUT2D eigenvalue weighted by Crippen LogP contribution is 2.33. The third-order valence-electron chi connectivity index (χ3n) is 3.67. The summed E-state index contributed by atoms with van der Waals surface area (Å²) in [5, 5.41) is 1.24. The van der Waals surface area contributed by atoms with Crippen molar-refractivity contribution in [1.82, 2.24) is 0 Å². The van der Waals surface area contributed by atoms with Crippen LogP contribution in [0.5, 0.6) is 0 Å². The van der Waals surface area contributed by atoms with Crippen molar-refractivity contribution in [3.05, 3.63) is 30.5 Å². The van der Waals surface area contributed by atoms with Crippen molar-refractivity contribution in [2.75, 3.05) is 18.0 Å². The first kappa shape index (κ1) is 10.7. The molecule has 1 aliphatic heterocycles. The lowest BCUT2D eigenvalue weighted by Crippen LogP contribution is -2.38. The molecule has 0 aliphatic carbocycles. The summed E-state index contributed by atoms with van der Waals surface area (Å²) in [5.74, 6) is 1.54. The van der Waals surface area contributed by atoms with Gasteiger partial charge in [-0.25, -0.2) is 0 Å². The molecule has 0 bridgehead atoms. The van der Waals surface area contributed by atoms with Crippen molar-refractivity contribution in [2.24, 2.45) is 11.8 Å². The van der Waals surface area contributed by atoms with Gasteiger partial charge in [0.15, 0.2) is 0 Å². The Hall–Kier alpha value is -1.44. The molecule has 1 fully saturated rings. The minimum Gasteiger partial charge on any atom is -0.462 e. The van der Waals surface area contributed by atoms with Crippen LogP contribution in [0.3, 0.4) is 0 Å². The maximum Gasteiger partial charge on any atom is 0.136 e. The molecule has 0 saturated carbocycles. The lowest BCUT2D eigenvalue weighted by atomic mass is 9.91. The second-order valence-corrected chi connectivity index (χ2v) is 5.47. The van der Waals surface area contributed by atoms with Crippen LogP contribution in [0.1, 0.15) is 20.3 Å². The van der Waals surface area contributed by atoms with Gasteiger partial charge in [-0.05, 0) is 30.4 Å². The second-order valence-electron chi connectivity index (χ2n) is 5.47. The van der Waals surface area contributed by atoms with Crippen molar-refractivity contribution in [3.8, 4) is 0 Å². The normalized spacial score (nSPS) is 25.4. The number of fused-ring (bicyclic) bond motifs is 1. The van der Waals surface area contributed by atoms with E-state index in [0.29, 0.717) is 0 Å². The van der Waals surface area contributed by atoms with Gasteiger partial charge in [0.05, 0.1) is 5.69 Å². The maximum absolute atomic E-state index is 5.63. The summed E-state index contributed by atoms with van der Waals surface area (Å²) < 4.78 is 5.63. The Morgan fingerprint density at radius 1 is 1.12 bits per heavy atom. The fourth-order valence-corrected chi connectivity index (χ4v) is 3.07. The molecule has 90 valence electrons. The molecule has 2 aromatic rings. The predicted molar refractivity (Wildman–Crippen MR) is 71.4 cm³/mol. The van der Waals surface area contributed by atoms with Gasteiger partial charge in [-0.1, -0.05) is 26.0 Å². The summed E-state index contributed by atoms with van der Waals surface area (Å²) in [5.41, 5.74) is 2.26. The Kier molecular flexibility index (Phi) is 2.58. The Morgan fingerprint density at radius 2 is 1.82 bits per heavy atom. The molecule has 1 aromatic carbocycles. The Morgan fingerprint density at radius 3 is 2.59 bits per heavy atom. The van der Waals surface area contributed by atoms with Crippen molar-refractivity contribution in [3.63, 3.8) is 0 Å². The van der Waals surface area contributed by atoms with Crippen LogP contribution in [0.4, 0.5) is 5.69 Å². The number of rotatable bonds is 1. The van der Waals surface area contributed by atoms with Crippen molar-refractivity contribution in [1.29, 1.82) is 0 Å². The average Bonchev–Trinajstić information content (AvgIpc) is 2.71. The highest BCUT2D eigenvalue weighted by Gasteiger charge is 2.24. The summed E-state index contributed by atoms with van der Waals surface area (Å²) in [6, 6.07) is 8.29. The molecule has 0 N–H and O–H groups in total. The molecular formula is C15H19NO. The molecule has 2 heteroatoms. The van der Waals surface area contributed by atoms with Crippen LogP contribution in [0.15, 0.2) is 34.9 Å². The average molecular weight is 229 g/mol. The molecule has 0 amide bonds. The zero-order chi connectivity index (χ0) is 11.8. The van der Waals surface area contributed by atoms with Crippen LogP contribution in [0.2, 0.25) is 0 Å². The van der Waals surface area contributed by atoms with E-state index in [9.17, 15) is 0 Å². The van der Waals surface area contributed by atoms with Gasteiger partial charge in [0, 0.05) is 18.5 Å². The minimum absolute atomic E-state index is 0.771. The largest absolute Gasteiger partial charge is 0.462 e. The highest BCUT2D eigenvalue weighted by atomic mass is 16.3. The smallest absolute Gasteiger partial charge is 0.136 e. The van der Waals surface area contributed by atoms with Gasteiger partial charge in [0.25, 0.3) is 0 Å². The second kappa shape index (κ2) is 4.10. The number of nitrogens with zero attached hydrogens (tertiary/aromatic N) is 1. The Balaban J connectivity index is 1.98. The maximum atomic E-state index is 5.63. The fourth-order valence-electron chi connectivity index (χ4n) is 3.07. The molecule has 0 radical (unpaired) electrons. The summed E-state index contributed by atoms with van der Waals surface area (Å²) in [7, 11) is 0. The topological polar surface area (TPSA) is 16.4 Å². The summed E-state index contributed by atoms with van der Waals surface area (Å²) in [6.45, 7) is 6.97. The van der Waals surface area contributed by atoms with Crippen LogP contribution in [0.25, 0.3) is 11.0 Å². The lowest BCUT2D eigenvalue weighted by Gasteiger charge is -2.35. The lowest BCUT2D eigenvalue weighted by molar-refractivity contribution is 0.356. The van der Waals surface area contributed by atoms with E-state index in [4.69, 9.17) is 4.42 Å². The molecular weight excluding hydrogens is 210 g/mol. The molecule has 2 heterocycles. The SMILES string of the molecule is CC1CC(C)CN(c2coc3ccccc23)C1. The zero-order valence-corrected chi connectivity index (χ0v) is 10.5. The molecule has 2 atom stereocenters. The molecule has 2 unspecified atom stereocenters. The monoisotopic (exact) mass is 229 g/mol. The number of para-hydroxylation sites is 1. The van der Waals surface area contributed by atoms with Gasteiger partial charge in [0.2, 0.25) is 0 Å². The first-order chi connectivity index (χ1) is 8.24. The molecule has 1 aromatic heterocycles. The third kappa shape index (κ3) is 1.92. The van der Waals surface area contributed by atoms with Gasteiger partial charge in [-0.15, -0.1) is 0 Å². The first-order valence-corrected chi connectivity index (χ1v) is 6.45. The Bertz CT molecular complexity index is 506. The van der Waals surface area contributed by atoms with Gasteiger partial charge < -0.3 is 9.32 Å². The quantitative estimate of drug-likeness (QED) is 0.737. The molecule has 0 spiro atoms. The third-order valence-corrected chi connectivity index (χ3v) is 3.67. The van der Waals surface area contributed by atoms with Crippen LogP contribution in [0, 0.1) is 11.8 Å². The summed E-state index contributed by atoms with van der Waals surface area (Å²) in [4.78, 5) is 2.48. The van der Waals surface area contributed by atoms with Crippen molar-refractivity contribution < 1.29 is 4.42 Å². The summed E-state index contributed by atoms with van der Waals surface area (Å²) in [6.07, 6.45) is 3.25. The zero-order valence-electron chi connectivity index (χ0n) is 10.5. The summed E-state index contributed by atoms with van der Waals surface area (Å²) >= 11 is 0. The van der Waals surface area contributed by atoms with Gasteiger partial charge in [-0.3, -0.25) is 0 Å². The van der Waals surface area contributed by atoms with Gasteiger partial charge in [0.1, 0.15) is 11.8 Å². The number of hydrogen-bond donors (Lipinski definition) is 0. The minimum atomic E-state index is 0.771. The van der Waals surface area contributed by atoms with E-state index in [0.717, 1.165) is 30.5 Å². The molecule has 1 saturated heterocycles. The van der Waals surface area contributed by atoms with Crippen LogP contribution >= 0.6 is 0 Å². The number of anilines is 1. The number of hydrogen-bond acceptors (Lipinski definition) is 2. The number of piperidine rings is 1. The molecule has 2 nitrogen and oxygen atoms in total. The first-order valence-electron chi connectivity index (χ1n) is 6.45. The van der Waals surface area contributed by atoms with E-state index in [2.05, 4.69) is 30.9 Å². The standard InChI is InChI=1S/C15H19NO/c1-11-7-12(2)9-16(8-11)14-10-17-15-6-4-3-5-13(14)15/h3-6,10-12H,7-9H2,1-2H3. The van der Waals surface area contributed by atoms with Crippen LogP contribution < -0.4 is 4.90 Å². The van der Waals surface area contributed by atoms with Crippen LogP contribution in [-0.2, 0) is 0 Å². The fraction of sp³-hybridized carbons (Fsp3) is 0.467. The van der Waals surface area contributed by atoms with E-state index in [1.165, 1.54) is 17.5 Å². The Labute approximate surface area is 102 Å². The van der Waals surface area contributed by atoms with Crippen LogP contribution in [-0.4, -0.2) is 13.1 Å². The number of furan rings is 1. The van der Waals surface area contributed by atoms with E-state index in [1.54, 1.807) is 0 Å². The van der Waals surface area contributed by atoms with Crippen molar-refractivity contribution >= 4 is 16.7 Å². The molecule has 1 aliphatic rings. The predicted octanol–water partition coefficient (Wildman–Crippen LogP) is 3.92. The van der Waals surface area contributed by atoms with Gasteiger partial charge >= 0.3 is 0 Å². The van der Waals surface area contributed by atoms with E-state index >= 15 is 0 Å².